The Morgan fingerprint density at radius 3 is 3.00 bits per heavy atom. The number of para-hydroxylation sites is 1. The number of anilines is 1. The molecule has 4 nitrogen and oxygen atoms in total. The molecule has 0 bridgehead atoms. The van der Waals surface area contributed by atoms with E-state index in [-0.39, 0.29) is 5.92 Å². The lowest BCUT2D eigenvalue weighted by Crippen LogP contribution is -2.22. The molecule has 0 saturated heterocycles. The fraction of sp³-hybridized carbons (Fsp3) is 0.375. The number of nitrogen functional groups attached to an aromatic ring is 1. The van der Waals surface area contributed by atoms with Gasteiger partial charge in [0.05, 0.1) is 12.5 Å². The summed E-state index contributed by atoms with van der Waals surface area (Å²) in [6, 6.07) is 10.0. The third-order valence-electron chi connectivity index (χ3n) is 3.57. The topological polar surface area (TPSA) is 61.0 Å². The zero-order valence-electron chi connectivity index (χ0n) is 11.7. The van der Waals surface area contributed by atoms with Gasteiger partial charge in [0, 0.05) is 11.8 Å². The molecule has 2 heterocycles. The molecular weight excluding hydrogens is 250 g/mol. The number of aromatic nitrogens is 2. The number of fused-ring (bicyclic) bond motifs is 1. The Kier molecular flexibility index (Phi) is 3.54. The van der Waals surface area contributed by atoms with E-state index in [0.717, 1.165) is 36.5 Å². The smallest absolute Gasteiger partial charge is 0.137 e. The highest BCUT2D eigenvalue weighted by atomic mass is 16.5. The Morgan fingerprint density at radius 2 is 2.15 bits per heavy atom. The SMILES string of the molecule is CCCc1cc(N)nc(C2COc3ccccc3C2)n1. The highest BCUT2D eigenvalue weighted by Gasteiger charge is 2.23. The molecule has 1 aliphatic rings. The zero-order valence-corrected chi connectivity index (χ0v) is 11.7. The summed E-state index contributed by atoms with van der Waals surface area (Å²) in [5, 5.41) is 0. The van der Waals surface area contributed by atoms with E-state index in [4.69, 9.17) is 10.5 Å². The van der Waals surface area contributed by atoms with Crippen molar-refractivity contribution in [2.24, 2.45) is 0 Å². The van der Waals surface area contributed by atoms with Crippen molar-refractivity contribution >= 4 is 5.82 Å². The van der Waals surface area contributed by atoms with Gasteiger partial charge < -0.3 is 10.5 Å². The molecule has 2 aromatic rings. The van der Waals surface area contributed by atoms with E-state index < -0.39 is 0 Å². The largest absolute Gasteiger partial charge is 0.493 e. The third-order valence-corrected chi connectivity index (χ3v) is 3.57. The normalized spacial score (nSPS) is 17.4. The van der Waals surface area contributed by atoms with Gasteiger partial charge in [0.15, 0.2) is 0 Å². The van der Waals surface area contributed by atoms with Gasteiger partial charge in [-0.1, -0.05) is 31.5 Å². The van der Waals surface area contributed by atoms with E-state index in [1.807, 2.05) is 24.3 Å². The van der Waals surface area contributed by atoms with Crippen molar-refractivity contribution in [1.29, 1.82) is 0 Å². The summed E-state index contributed by atoms with van der Waals surface area (Å²) in [5.41, 5.74) is 8.14. The third kappa shape index (κ3) is 2.59. The minimum Gasteiger partial charge on any atom is -0.493 e. The Hall–Kier alpha value is -2.10. The molecule has 1 aromatic heterocycles. The molecule has 0 aliphatic carbocycles. The number of hydrogen-bond donors (Lipinski definition) is 1. The molecule has 20 heavy (non-hydrogen) atoms. The molecule has 1 aromatic carbocycles. The first-order chi connectivity index (χ1) is 9.76. The van der Waals surface area contributed by atoms with Gasteiger partial charge in [0.25, 0.3) is 0 Å². The monoisotopic (exact) mass is 269 g/mol. The van der Waals surface area contributed by atoms with Crippen molar-refractivity contribution < 1.29 is 4.74 Å². The average molecular weight is 269 g/mol. The van der Waals surface area contributed by atoms with Gasteiger partial charge in [0.2, 0.25) is 0 Å². The van der Waals surface area contributed by atoms with Gasteiger partial charge in [-0.05, 0) is 24.5 Å². The summed E-state index contributed by atoms with van der Waals surface area (Å²) in [6.45, 7) is 2.75. The second-order valence-electron chi connectivity index (χ2n) is 5.21. The van der Waals surface area contributed by atoms with Crippen LogP contribution in [0.3, 0.4) is 0 Å². The standard InChI is InChI=1S/C16H19N3O/c1-2-5-13-9-15(17)19-16(18-13)12-8-11-6-3-4-7-14(11)20-10-12/h3-4,6-7,9,12H,2,5,8,10H2,1H3,(H2,17,18,19). The minimum atomic E-state index is 0.184. The lowest BCUT2D eigenvalue weighted by atomic mass is 9.96. The van der Waals surface area contributed by atoms with Gasteiger partial charge in [-0.3, -0.25) is 0 Å². The van der Waals surface area contributed by atoms with Gasteiger partial charge in [-0.15, -0.1) is 0 Å². The quantitative estimate of drug-likeness (QED) is 0.930. The summed E-state index contributed by atoms with van der Waals surface area (Å²) in [6.07, 6.45) is 2.90. The molecule has 2 N–H and O–H groups in total. The van der Waals surface area contributed by atoms with Crippen LogP contribution in [0.15, 0.2) is 30.3 Å². The van der Waals surface area contributed by atoms with Crippen LogP contribution in [0.2, 0.25) is 0 Å². The number of benzene rings is 1. The minimum absolute atomic E-state index is 0.184. The molecule has 3 rings (SSSR count). The molecular formula is C16H19N3O. The van der Waals surface area contributed by atoms with Crippen molar-refractivity contribution in [1.82, 2.24) is 9.97 Å². The highest BCUT2D eigenvalue weighted by Crippen LogP contribution is 2.31. The first kappa shape index (κ1) is 12.9. The first-order valence-corrected chi connectivity index (χ1v) is 7.10. The van der Waals surface area contributed by atoms with E-state index in [1.165, 1.54) is 5.56 Å². The van der Waals surface area contributed by atoms with E-state index in [0.29, 0.717) is 12.4 Å². The Balaban J connectivity index is 1.87. The van der Waals surface area contributed by atoms with Crippen LogP contribution >= 0.6 is 0 Å². The van der Waals surface area contributed by atoms with Crippen LogP contribution in [0.5, 0.6) is 5.75 Å². The van der Waals surface area contributed by atoms with Crippen LogP contribution in [0.25, 0.3) is 0 Å². The maximum absolute atomic E-state index is 5.90. The number of hydrogen-bond acceptors (Lipinski definition) is 4. The van der Waals surface area contributed by atoms with Gasteiger partial charge in [-0.2, -0.15) is 0 Å². The van der Waals surface area contributed by atoms with E-state index in [1.54, 1.807) is 0 Å². The fourth-order valence-electron chi connectivity index (χ4n) is 2.60. The maximum atomic E-state index is 5.90. The molecule has 0 fully saturated rings. The van der Waals surface area contributed by atoms with Crippen LogP contribution in [0, 0.1) is 0 Å². The molecule has 0 saturated carbocycles. The fourth-order valence-corrected chi connectivity index (χ4v) is 2.60. The molecule has 104 valence electrons. The Labute approximate surface area is 119 Å². The van der Waals surface area contributed by atoms with Crippen molar-refractivity contribution in [3.63, 3.8) is 0 Å². The van der Waals surface area contributed by atoms with Crippen LogP contribution < -0.4 is 10.5 Å². The van der Waals surface area contributed by atoms with Crippen LogP contribution in [-0.4, -0.2) is 16.6 Å². The molecule has 0 spiro atoms. The summed E-state index contributed by atoms with van der Waals surface area (Å²) in [5.74, 6) is 2.52. The second kappa shape index (κ2) is 5.49. The summed E-state index contributed by atoms with van der Waals surface area (Å²) < 4.78 is 5.81. The van der Waals surface area contributed by atoms with Gasteiger partial charge in [-0.25, -0.2) is 9.97 Å². The summed E-state index contributed by atoms with van der Waals surface area (Å²) in [7, 11) is 0. The molecule has 1 unspecified atom stereocenters. The Morgan fingerprint density at radius 1 is 1.30 bits per heavy atom. The van der Waals surface area contributed by atoms with Crippen molar-refractivity contribution in [2.75, 3.05) is 12.3 Å². The number of nitrogens with two attached hydrogens (primary N) is 1. The van der Waals surface area contributed by atoms with E-state index in [9.17, 15) is 0 Å². The number of ether oxygens (including phenoxy) is 1. The van der Waals surface area contributed by atoms with Crippen LogP contribution in [0.4, 0.5) is 5.82 Å². The molecule has 0 amide bonds. The molecule has 0 radical (unpaired) electrons. The van der Waals surface area contributed by atoms with Crippen molar-refractivity contribution in [3.05, 3.63) is 47.4 Å². The highest BCUT2D eigenvalue weighted by molar-refractivity contribution is 5.37. The lowest BCUT2D eigenvalue weighted by Gasteiger charge is -2.24. The molecule has 4 heteroatoms. The van der Waals surface area contributed by atoms with Gasteiger partial charge in [0.1, 0.15) is 17.4 Å². The summed E-state index contributed by atoms with van der Waals surface area (Å²) >= 11 is 0. The lowest BCUT2D eigenvalue weighted by molar-refractivity contribution is 0.257. The Bertz CT molecular complexity index is 612. The van der Waals surface area contributed by atoms with E-state index >= 15 is 0 Å². The van der Waals surface area contributed by atoms with Crippen LogP contribution in [-0.2, 0) is 12.8 Å². The van der Waals surface area contributed by atoms with Crippen LogP contribution in [0.1, 0.15) is 36.3 Å². The van der Waals surface area contributed by atoms with E-state index in [2.05, 4.69) is 23.0 Å². The predicted octanol–water partition coefficient (Wildman–Crippen LogP) is 2.73. The summed E-state index contributed by atoms with van der Waals surface area (Å²) in [4.78, 5) is 9.05. The number of aryl methyl sites for hydroxylation is 1. The number of rotatable bonds is 3. The zero-order chi connectivity index (χ0) is 13.9. The average Bonchev–Trinajstić information content (AvgIpc) is 2.46. The molecule has 1 atom stereocenters. The van der Waals surface area contributed by atoms with Gasteiger partial charge >= 0.3 is 0 Å². The second-order valence-corrected chi connectivity index (χ2v) is 5.21. The first-order valence-electron chi connectivity index (χ1n) is 7.10. The number of nitrogens with zero attached hydrogens (tertiary/aromatic N) is 2. The predicted molar refractivity (Wildman–Crippen MR) is 78.8 cm³/mol. The maximum Gasteiger partial charge on any atom is 0.137 e. The van der Waals surface area contributed by atoms with Crippen molar-refractivity contribution in [3.8, 4) is 5.75 Å². The van der Waals surface area contributed by atoms with Crippen molar-refractivity contribution in [2.45, 2.75) is 32.1 Å². The molecule has 1 aliphatic heterocycles.